The SMILES string of the molecule is O=C(OCC1CC2(O)c3ccccc3N(C(=O)O)C2O1)c1ccccc1. The Hall–Kier alpha value is -2.90. The van der Waals surface area contributed by atoms with Gasteiger partial charge in [0.15, 0.2) is 6.23 Å². The van der Waals surface area contributed by atoms with Gasteiger partial charge < -0.3 is 19.7 Å². The number of carbonyl (C=O) groups excluding carboxylic acids is 1. The lowest BCUT2D eigenvalue weighted by Crippen LogP contribution is -2.44. The maximum Gasteiger partial charge on any atom is 0.414 e. The van der Waals surface area contributed by atoms with Crippen LogP contribution in [0.5, 0.6) is 0 Å². The molecule has 0 aromatic heterocycles. The molecule has 2 heterocycles. The number of rotatable bonds is 3. The van der Waals surface area contributed by atoms with Crippen LogP contribution in [0.25, 0.3) is 0 Å². The number of nitrogens with zero attached hydrogens (tertiary/aromatic N) is 1. The number of hydrogen-bond donors (Lipinski definition) is 2. The van der Waals surface area contributed by atoms with E-state index in [9.17, 15) is 19.8 Å². The monoisotopic (exact) mass is 355 g/mol. The van der Waals surface area contributed by atoms with Crippen molar-refractivity contribution >= 4 is 17.7 Å². The average Bonchev–Trinajstić information content (AvgIpc) is 3.09. The Morgan fingerprint density at radius 1 is 1.15 bits per heavy atom. The van der Waals surface area contributed by atoms with Crippen LogP contribution in [0.1, 0.15) is 22.3 Å². The van der Waals surface area contributed by atoms with Gasteiger partial charge in [0.05, 0.1) is 17.4 Å². The van der Waals surface area contributed by atoms with Gasteiger partial charge in [-0.15, -0.1) is 0 Å². The number of carbonyl (C=O) groups is 2. The summed E-state index contributed by atoms with van der Waals surface area (Å²) in [5.74, 6) is -0.492. The quantitative estimate of drug-likeness (QED) is 0.821. The van der Waals surface area contributed by atoms with E-state index in [1.807, 2.05) is 0 Å². The van der Waals surface area contributed by atoms with Crippen LogP contribution in [0.3, 0.4) is 0 Å². The first kappa shape index (κ1) is 16.6. The number of para-hydroxylation sites is 1. The third kappa shape index (κ3) is 2.53. The summed E-state index contributed by atoms with van der Waals surface area (Å²) in [5.41, 5.74) is -0.128. The summed E-state index contributed by atoms with van der Waals surface area (Å²) in [6.45, 7) is -0.0673. The largest absolute Gasteiger partial charge is 0.465 e. The van der Waals surface area contributed by atoms with Gasteiger partial charge in [-0.25, -0.2) is 14.5 Å². The molecule has 2 aromatic carbocycles. The summed E-state index contributed by atoms with van der Waals surface area (Å²) in [6, 6.07) is 15.3. The molecular formula is C19H17NO6. The van der Waals surface area contributed by atoms with Gasteiger partial charge in [0, 0.05) is 12.0 Å². The molecule has 0 aliphatic carbocycles. The van der Waals surface area contributed by atoms with Crippen molar-refractivity contribution in [3.8, 4) is 0 Å². The number of ether oxygens (including phenoxy) is 2. The zero-order chi connectivity index (χ0) is 18.3. The first-order valence-corrected chi connectivity index (χ1v) is 8.22. The van der Waals surface area contributed by atoms with Crippen molar-refractivity contribution in [2.24, 2.45) is 0 Å². The van der Waals surface area contributed by atoms with Gasteiger partial charge in [-0.3, -0.25) is 0 Å². The van der Waals surface area contributed by atoms with Gasteiger partial charge in [0.25, 0.3) is 0 Å². The zero-order valence-electron chi connectivity index (χ0n) is 13.7. The van der Waals surface area contributed by atoms with E-state index in [0.717, 1.165) is 4.90 Å². The molecule has 7 nitrogen and oxygen atoms in total. The molecule has 0 bridgehead atoms. The van der Waals surface area contributed by atoms with Crippen molar-refractivity contribution in [2.45, 2.75) is 24.4 Å². The van der Waals surface area contributed by atoms with Crippen LogP contribution < -0.4 is 4.90 Å². The van der Waals surface area contributed by atoms with E-state index in [1.54, 1.807) is 54.6 Å². The highest BCUT2D eigenvalue weighted by Gasteiger charge is 2.59. The Kier molecular flexibility index (Phi) is 3.90. The number of hydrogen-bond acceptors (Lipinski definition) is 5. The Morgan fingerprint density at radius 3 is 2.58 bits per heavy atom. The van der Waals surface area contributed by atoms with Gasteiger partial charge in [0.2, 0.25) is 0 Å². The third-order valence-corrected chi connectivity index (χ3v) is 4.75. The maximum atomic E-state index is 12.1. The number of fused-ring (bicyclic) bond motifs is 3. The van der Waals surface area contributed by atoms with E-state index in [0.29, 0.717) is 16.8 Å². The molecule has 3 unspecified atom stereocenters. The van der Waals surface area contributed by atoms with E-state index in [2.05, 4.69) is 0 Å². The molecule has 7 heteroatoms. The molecule has 4 rings (SSSR count). The van der Waals surface area contributed by atoms with Gasteiger partial charge in [-0.05, 0) is 18.2 Å². The van der Waals surface area contributed by atoms with Crippen molar-refractivity contribution in [1.29, 1.82) is 0 Å². The van der Waals surface area contributed by atoms with Gasteiger partial charge in [0.1, 0.15) is 12.2 Å². The molecule has 2 N–H and O–H groups in total. The second-order valence-corrected chi connectivity index (χ2v) is 6.37. The lowest BCUT2D eigenvalue weighted by atomic mass is 9.91. The van der Waals surface area contributed by atoms with Gasteiger partial charge in [-0.2, -0.15) is 0 Å². The Bertz CT molecular complexity index is 854. The molecule has 3 atom stereocenters. The van der Waals surface area contributed by atoms with Crippen molar-refractivity contribution in [3.63, 3.8) is 0 Å². The van der Waals surface area contributed by atoms with Crippen molar-refractivity contribution < 1.29 is 29.3 Å². The highest BCUT2D eigenvalue weighted by molar-refractivity contribution is 5.91. The Labute approximate surface area is 149 Å². The second kappa shape index (κ2) is 6.12. The highest BCUT2D eigenvalue weighted by Crippen LogP contribution is 2.51. The van der Waals surface area contributed by atoms with E-state index in [4.69, 9.17) is 9.47 Å². The van der Waals surface area contributed by atoms with Crippen LogP contribution in [0, 0.1) is 0 Å². The van der Waals surface area contributed by atoms with Crippen molar-refractivity contribution in [1.82, 2.24) is 0 Å². The number of anilines is 1. The van der Waals surface area contributed by atoms with E-state index < -0.39 is 30.0 Å². The molecule has 26 heavy (non-hydrogen) atoms. The molecule has 134 valence electrons. The molecule has 1 amide bonds. The number of benzene rings is 2. The fourth-order valence-electron chi connectivity index (χ4n) is 3.61. The van der Waals surface area contributed by atoms with Crippen LogP contribution in [-0.2, 0) is 15.1 Å². The number of aliphatic hydroxyl groups is 1. The maximum absolute atomic E-state index is 12.1. The normalized spacial score (nSPS) is 26.3. The third-order valence-electron chi connectivity index (χ3n) is 4.75. The fraction of sp³-hybridized carbons (Fsp3) is 0.263. The zero-order valence-corrected chi connectivity index (χ0v) is 13.7. The summed E-state index contributed by atoms with van der Waals surface area (Å²) in [6.07, 6.45) is -2.73. The van der Waals surface area contributed by atoms with E-state index in [-0.39, 0.29) is 13.0 Å². The van der Waals surface area contributed by atoms with E-state index >= 15 is 0 Å². The average molecular weight is 355 g/mol. The minimum Gasteiger partial charge on any atom is -0.465 e. The molecule has 2 aliphatic heterocycles. The number of carboxylic acid groups (broad SMARTS) is 1. The summed E-state index contributed by atoms with van der Waals surface area (Å²) in [7, 11) is 0. The van der Waals surface area contributed by atoms with E-state index in [1.165, 1.54) is 0 Å². The number of esters is 1. The van der Waals surface area contributed by atoms with Crippen LogP contribution in [0.2, 0.25) is 0 Å². The van der Waals surface area contributed by atoms with Crippen LogP contribution in [0.4, 0.5) is 10.5 Å². The predicted octanol–water partition coefficient (Wildman–Crippen LogP) is 2.34. The van der Waals surface area contributed by atoms with Crippen LogP contribution >= 0.6 is 0 Å². The van der Waals surface area contributed by atoms with Crippen LogP contribution in [-0.4, -0.2) is 41.2 Å². The fourth-order valence-corrected chi connectivity index (χ4v) is 3.61. The molecule has 2 aliphatic rings. The molecule has 1 fully saturated rings. The lowest BCUT2D eigenvalue weighted by Gasteiger charge is -2.24. The van der Waals surface area contributed by atoms with Gasteiger partial charge in [-0.1, -0.05) is 36.4 Å². The minimum absolute atomic E-state index is 0.0673. The standard InChI is InChI=1S/C19H17NO6/c21-16(12-6-2-1-3-7-12)25-11-13-10-19(24)14-8-4-5-9-15(14)20(18(22)23)17(19)26-13/h1-9,13,17,24H,10-11H2,(H,22,23). The lowest BCUT2D eigenvalue weighted by molar-refractivity contribution is -0.0484. The first-order valence-electron chi connectivity index (χ1n) is 8.22. The number of amides is 1. The van der Waals surface area contributed by atoms with Crippen molar-refractivity contribution in [3.05, 3.63) is 65.7 Å². The topological polar surface area (TPSA) is 96.3 Å². The molecule has 0 saturated carbocycles. The Morgan fingerprint density at radius 2 is 1.85 bits per heavy atom. The van der Waals surface area contributed by atoms with Crippen molar-refractivity contribution in [2.75, 3.05) is 11.5 Å². The summed E-state index contributed by atoms with van der Waals surface area (Å²) < 4.78 is 11.0. The smallest absolute Gasteiger partial charge is 0.414 e. The van der Waals surface area contributed by atoms with Crippen LogP contribution in [0.15, 0.2) is 54.6 Å². The minimum atomic E-state index is -1.46. The Balaban J connectivity index is 1.51. The molecular weight excluding hydrogens is 338 g/mol. The molecule has 0 radical (unpaired) electrons. The van der Waals surface area contributed by atoms with Gasteiger partial charge >= 0.3 is 12.1 Å². The molecule has 2 aromatic rings. The molecule has 0 spiro atoms. The summed E-state index contributed by atoms with van der Waals surface area (Å²) >= 11 is 0. The predicted molar refractivity (Wildman–Crippen MR) is 90.8 cm³/mol. The summed E-state index contributed by atoms with van der Waals surface area (Å²) in [5, 5.41) is 20.6. The second-order valence-electron chi connectivity index (χ2n) is 6.37. The first-order chi connectivity index (χ1) is 12.5. The summed E-state index contributed by atoms with van der Waals surface area (Å²) in [4.78, 5) is 24.7. The highest BCUT2D eigenvalue weighted by atomic mass is 16.6. The molecule has 1 saturated heterocycles.